The van der Waals surface area contributed by atoms with Crippen molar-refractivity contribution in [2.45, 2.75) is 27.2 Å². The SMILES string of the molecule is Cn1cccc(C(=O)Nc2ccc3c(c2)CCN3C(=O)C(C)(C)C)c1=O. The molecular weight excluding hydrogens is 330 g/mol. The number of aromatic nitrogens is 1. The third-order valence-electron chi connectivity index (χ3n) is 4.49. The lowest BCUT2D eigenvalue weighted by Crippen LogP contribution is -2.38. The summed E-state index contributed by atoms with van der Waals surface area (Å²) < 4.78 is 1.37. The van der Waals surface area contributed by atoms with Crippen LogP contribution in [-0.2, 0) is 18.3 Å². The molecule has 26 heavy (non-hydrogen) atoms. The van der Waals surface area contributed by atoms with Gasteiger partial charge in [0.2, 0.25) is 5.91 Å². The highest BCUT2D eigenvalue weighted by Gasteiger charge is 2.32. The average Bonchev–Trinajstić information content (AvgIpc) is 2.98. The number of benzene rings is 1. The van der Waals surface area contributed by atoms with Gasteiger partial charge < -0.3 is 14.8 Å². The summed E-state index contributed by atoms with van der Waals surface area (Å²) in [6.45, 7) is 6.36. The van der Waals surface area contributed by atoms with E-state index < -0.39 is 11.3 Å². The van der Waals surface area contributed by atoms with E-state index in [9.17, 15) is 14.4 Å². The van der Waals surface area contributed by atoms with Crippen molar-refractivity contribution < 1.29 is 9.59 Å². The zero-order valence-corrected chi connectivity index (χ0v) is 15.5. The Labute approximate surface area is 152 Å². The molecule has 0 spiro atoms. The summed E-state index contributed by atoms with van der Waals surface area (Å²) in [6, 6.07) is 8.66. The van der Waals surface area contributed by atoms with E-state index in [0.29, 0.717) is 12.2 Å². The molecule has 1 aliphatic rings. The van der Waals surface area contributed by atoms with Gasteiger partial charge in [0.25, 0.3) is 11.5 Å². The fourth-order valence-electron chi connectivity index (χ4n) is 3.06. The summed E-state index contributed by atoms with van der Waals surface area (Å²) in [5.74, 6) is -0.354. The van der Waals surface area contributed by atoms with Gasteiger partial charge in [0.15, 0.2) is 0 Å². The zero-order chi connectivity index (χ0) is 19.1. The Bertz CT molecular complexity index is 938. The third-order valence-corrected chi connectivity index (χ3v) is 4.49. The van der Waals surface area contributed by atoms with E-state index in [0.717, 1.165) is 17.7 Å². The number of hydrogen-bond acceptors (Lipinski definition) is 3. The molecule has 0 atom stereocenters. The molecule has 3 rings (SSSR count). The molecule has 6 nitrogen and oxygen atoms in total. The molecule has 2 heterocycles. The van der Waals surface area contributed by atoms with Crippen molar-refractivity contribution in [3.63, 3.8) is 0 Å². The van der Waals surface area contributed by atoms with E-state index in [1.807, 2.05) is 32.9 Å². The molecule has 2 aromatic rings. The summed E-state index contributed by atoms with van der Waals surface area (Å²) in [5, 5.41) is 2.77. The van der Waals surface area contributed by atoms with E-state index in [1.165, 1.54) is 10.6 Å². The lowest BCUT2D eigenvalue weighted by molar-refractivity contribution is -0.125. The van der Waals surface area contributed by atoms with Crippen LogP contribution in [-0.4, -0.2) is 22.9 Å². The van der Waals surface area contributed by atoms with E-state index in [2.05, 4.69) is 5.32 Å². The maximum absolute atomic E-state index is 12.6. The molecule has 1 aromatic carbocycles. The number of nitrogens with zero attached hydrogens (tertiary/aromatic N) is 2. The predicted octanol–water partition coefficient (Wildman–Crippen LogP) is 2.57. The first-order valence-electron chi connectivity index (χ1n) is 8.60. The molecule has 136 valence electrons. The van der Waals surface area contributed by atoms with Crippen molar-refractivity contribution >= 4 is 23.2 Å². The highest BCUT2D eigenvalue weighted by atomic mass is 16.2. The summed E-state index contributed by atoms with van der Waals surface area (Å²) in [7, 11) is 1.61. The van der Waals surface area contributed by atoms with Crippen LogP contribution >= 0.6 is 0 Å². The topological polar surface area (TPSA) is 71.4 Å². The molecule has 1 aromatic heterocycles. The molecule has 0 bridgehead atoms. The van der Waals surface area contributed by atoms with Gasteiger partial charge in [-0.25, -0.2) is 0 Å². The van der Waals surface area contributed by atoms with Crippen LogP contribution in [0.3, 0.4) is 0 Å². The molecule has 2 amide bonds. The second kappa shape index (κ2) is 6.44. The van der Waals surface area contributed by atoms with E-state index >= 15 is 0 Å². The number of fused-ring (bicyclic) bond motifs is 1. The number of nitrogens with one attached hydrogen (secondary N) is 1. The number of carbonyl (C=O) groups is 2. The van der Waals surface area contributed by atoms with Crippen molar-refractivity contribution in [2.75, 3.05) is 16.8 Å². The first-order chi connectivity index (χ1) is 12.2. The number of pyridine rings is 1. The van der Waals surface area contributed by atoms with Gasteiger partial charge in [-0.05, 0) is 42.3 Å². The largest absolute Gasteiger partial charge is 0.322 e. The molecule has 1 N–H and O–H groups in total. The molecule has 0 saturated carbocycles. The second-order valence-electron chi connectivity index (χ2n) is 7.59. The molecule has 0 fully saturated rings. The molecule has 0 aliphatic carbocycles. The summed E-state index contributed by atoms with van der Waals surface area (Å²) in [4.78, 5) is 38.8. The van der Waals surface area contributed by atoms with Gasteiger partial charge >= 0.3 is 0 Å². The standard InChI is InChI=1S/C20H23N3O3/c1-20(2,3)19(26)23-11-9-13-12-14(7-8-16(13)23)21-17(24)15-6-5-10-22(4)18(15)25/h5-8,10,12H,9,11H2,1-4H3,(H,21,24). The lowest BCUT2D eigenvalue weighted by Gasteiger charge is -2.26. The van der Waals surface area contributed by atoms with Crippen molar-refractivity contribution in [3.05, 3.63) is 58.0 Å². The summed E-state index contributed by atoms with van der Waals surface area (Å²) >= 11 is 0. The Balaban J connectivity index is 1.83. The number of amides is 2. The Kier molecular flexibility index (Phi) is 4.44. The molecule has 1 aliphatic heterocycles. The lowest BCUT2D eigenvalue weighted by atomic mass is 9.94. The Morgan fingerprint density at radius 2 is 1.88 bits per heavy atom. The smallest absolute Gasteiger partial charge is 0.263 e. The van der Waals surface area contributed by atoms with Crippen molar-refractivity contribution in [3.8, 4) is 0 Å². The third kappa shape index (κ3) is 3.27. The van der Waals surface area contributed by atoms with Gasteiger partial charge in [-0.3, -0.25) is 14.4 Å². The predicted molar refractivity (Wildman–Crippen MR) is 102 cm³/mol. The number of anilines is 2. The van der Waals surface area contributed by atoms with Gasteiger partial charge in [-0.15, -0.1) is 0 Å². The Hall–Kier alpha value is -2.89. The number of hydrogen-bond donors (Lipinski definition) is 1. The number of rotatable bonds is 2. The molecule has 0 saturated heterocycles. The second-order valence-corrected chi connectivity index (χ2v) is 7.59. The molecule has 0 unspecified atom stereocenters. The van der Waals surface area contributed by atoms with Crippen LogP contribution in [0.5, 0.6) is 0 Å². The van der Waals surface area contributed by atoms with E-state index in [-0.39, 0.29) is 17.0 Å². The van der Waals surface area contributed by atoms with Gasteiger partial charge in [0.1, 0.15) is 5.56 Å². The van der Waals surface area contributed by atoms with Gasteiger partial charge in [0.05, 0.1) is 0 Å². The van der Waals surface area contributed by atoms with Crippen molar-refractivity contribution in [1.29, 1.82) is 0 Å². The van der Waals surface area contributed by atoms with Crippen LogP contribution in [0.25, 0.3) is 0 Å². The minimum atomic E-state index is -0.443. The number of aryl methyl sites for hydroxylation is 1. The maximum atomic E-state index is 12.6. The zero-order valence-electron chi connectivity index (χ0n) is 15.5. The first-order valence-corrected chi connectivity index (χ1v) is 8.60. The quantitative estimate of drug-likeness (QED) is 0.902. The van der Waals surface area contributed by atoms with Crippen molar-refractivity contribution in [1.82, 2.24) is 4.57 Å². The fourth-order valence-corrected chi connectivity index (χ4v) is 3.06. The average molecular weight is 353 g/mol. The summed E-state index contributed by atoms with van der Waals surface area (Å²) in [6.07, 6.45) is 2.35. The Morgan fingerprint density at radius 1 is 1.15 bits per heavy atom. The highest BCUT2D eigenvalue weighted by Crippen LogP contribution is 2.33. The van der Waals surface area contributed by atoms with Crippen LogP contribution in [0, 0.1) is 5.41 Å². The molecule has 0 radical (unpaired) electrons. The minimum absolute atomic E-state index is 0.0841. The molecular formula is C20H23N3O3. The van der Waals surface area contributed by atoms with Gasteiger partial charge in [-0.1, -0.05) is 20.8 Å². The molecule has 6 heteroatoms. The van der Waals surface area contributed by atoms with Crippen LogP contribution in [0.4, 0.5) is 11.4 Å². The monoisotopic (exact) mass is 353 g/mol. The van der Waals surface area contributed by atoms with Crippen LogP contribution < -0.4 is 15.8 Å². The Morgan fingerprint density at radius 3 is 2.58 bits per heavy atom. The van der Waals surface area contributed by atoms with Crippen LogP contribution in [0.2, 0.25) is 0 Å². The fraction of sp³-hybridized carbons (Fsp3) is 0.350. The minimum Gasteiger partial charge on any atom is -0.322 e. The first kappa shape index (κ1) is 17.9. The summed E-state index contributed by atoms with van der Waals surface area (Å²) in [5.41, 5.74) is 1.83. The van der Waals surface area contributed by atoms with Crippen LogP contribution in [0.15, 0.2) is 41.3 Å². The van der Waals surface area contributed by atoms with E-state index in [4.69, 9.17) is 0 Å². The maximum Gasteiger partial charge on any atom is 0.263 e. The highest BCUT2D eigenvalue weighted by molar-refractivity contribution is 6.04. The van der Waals surface area contributed by atoms with Crippen molar-refractivity contribution in [2.24, 2.45) is 12.5 Å². The van der Waals surface area contributed by atoms with Crippen LogP contribution in [0.1, 0.15) is 36.7 Å². The van der Waals surface area contributed by atoms with Gasteiger partial charge in [0, 0.05) is 36.6 Å². The van der Waals surface area contributed by atoms with E-state index in [1.54, 1.807) is 30.3 Å². The van der Waals surface area contributed by atoms with Gasteiger partial charge in [-0.2, -0.15) is 0 Å². The number of carbonyl (C=O) groups excluding carboxylic acids is 2. The normalized spacial score (nSPS) is 13.5.